The molecule has 4 fully saturated rings. The van der Waals surface area contributed by atoms with E-state index in [9.17, 15) is 24.6 Å². The van der Waals surface area contributed by atoms with Gasteiger partial charge in [-0.25, -0.2) is 4.79 Å². The molecule has 0 aromatic rings. The Labute approximate surface area is 274 Å². The molecular weight excluding hydrogens is 543 g/mol. The van der Waals surface area contributed by atoms with Crippen LogP contribution in [0.5, 0.6) is 0 Å². The summed E-state index contributed by atoms with van der Waals surface area (Å²) in [7, 11) is 0. The van der Waals surface area contributed by atoms with Crippen LogP contribution in [0.15, 0.2) is 11.6 Å². The minimum atomic E-state index is -1.35. The van der Waals surface area contributed by atoms with E-state index >= 15 is 0 Å². The number of aliphatic carboxylic acids is 2. The van der Waals surface area contributed by atoms with Crippen LogP contribution in [0, 0.1) is 50.2 Å². The zero-order valence-corrected chi connectivity index (χ0v) is 29.3. The third-order valence-electron chi connectivity index (χ3n) is 13.7. The molecule has 0 spiro atoms. The van der Waals surface area contributed by atoms with Crippen LogP contribution in [0.1, 0.15) is 113 Å². The topological polar surface area (TPSA) is 113 Å². The Morgan fingerprint density at radius 3 is 2.21 bits per heavy atom. The molecule has 0 unspecified atom stereocenters. The number of carboxylic acids is 2. The molecule has 0 saturated heterocycles. The van der Waals surface area contributed by atoms with Crippen molar-refractivity contribution in [2.24, 2.45) is 50.2 Å². The number of fused-ring (bicyclic) bond motifs is 7. The van der Waals surface area contributed by atoms with E-state index in [-0.39, 0.29) is 75.3 Å². The Morgan fingerprint density at radius 2 is 1.57 bits per heavy atom. The molecule has 0 heterocycles. The first-order valence-corrected chi connectivity index (χ1v) is 15.8. The van der Waals surface area contributed by atoms with Crippen molar-refractivity contribution in [3.05, 3.63) is 11.6 Å². The van der Waals surface area contributed by atoms with Gasteiger partial charge < -0.3 is 24.5 Å². The molecule has 0 bridgehead atoms. The number of carbonyl (C=O) groups excluding carboxylic acids is 2. The maximum Gasteiger partial charge on any atom is 1.00 e. The van der Waals surface area contributed by atoms with Crippen molar-refractivity contribution < 1.29 is 63.6 Å². The van der Waals surface area contributed by atoms with Gasteiger partial charge in [-0.1, -0.05) is 60.1 Å². The van der Waals surface area contributed by atoms with Crippen LogP contribution in [0.4, 0.5) is 0 Å². The smallest absolute Gasteiger partial charge is 0.548 e. The molecule has 0 aromatic heterocycles. The number of hydrogen-bond donors (Lipinski definition) is 1. The average molecular weight is 595 g/mol. The second kappa shape index (κ2) is 11.2. The number of ether oxygens (including phenoxy) is 2. The van der Waals surface area contributed by atoms with Crippen molar-refractivity contribution in [2.75, 3.05) is 13.2 Å². The summed E-state index contributed by atoms with van der Waals surface area (Å²) in [5.74, 6) is -1.52. The van der Waals surface area contributed by atoms with Gasteiger partial charge in [-0.2, -0.15) is 0 Å². The number of allylic oxidation sites excluding steroid dienone is 2. The number of esters is 1. The Hall–Kier alpha value is -0.890. The van der Waals surface area contributed by atoms with Gasteiger partial charge in [-0.3, -0.25) is 4.79 Å². The quantitative estimate of drug-likeness (QED) is 0.286. The van der Waals surface area contributed by atoms with Crippen LogP contribution in [0.2, 0.25) is 0 Å². The normalized spacial score (nSPS) is 43.2. The molecule has 1 N–H and O–H groups in total. The second-order valence-corrected chi connectivity index (χ2v) is 16.4. The van der Waals surface area contributed by atoms with E-state index in [2.05, 4.69) is 54.5 Å². The minimum Gasteiger partial charge on any atom is -0.548 e. The molecule has 5 aliphatic rings. The van der Waals surface area contributed by atoms with E-state index in [4.69, 9.17) is 9.47 Å². The molecule has 0 radical (unpaired) electrons. The van der Waals surface area contributed by atoms with Crippen molar-refractivity contribution >= 4 is 17.9 Å². The Balaban J connectivity index is 0.00000405. The van der Waals surface area contributed by atoms with Gasteiger partial charge in [0.05, 0.1) is 18.0 Å². The fourth-order valence-corrected chi connectivity index (χ4v) is 11.2. The van der Waals surface area contributed by atoms with Gasteiger partial charge in [0.2, 0.25) is 0 Å². The summed E-state index contributed by atoms with van der Waals surface area (Å²) < 4.78 is 10.8. The zero-order chi connectivity index (χ0) is 30.2. The van der Waals surface area contributed by atoms with E-state index < -0.39 is 29.9 Å². The standard InChI is InChI=1S/C34H52O7.Na/c1-29(2)14-16-34(28(38)39)17-15-32(6)21(22(34)18-29)8-9-24-31(5)12-11-25(41-27(37)20-40-19-26(35)36)30(3,4)23(31)10-13-33(24,32)7;/h8,22-25H,9-20H2,1-7H3,(H,35,36)(H,38,39);/q;+1/p-1/t22-,23-,24+,25-,31-,32+,33+,34-;/m0./s1. The third kappa shape index (κ3) is 5.04. The Bertz CT molecular complexity index is 1140. The van der Waals surface area contributed by atoms with E-state index in [0.717, 1.165) is 64.2 Å². The van der Waals surface area contributed by atoms with Gasteiger partial charge in [0.25, 0.3) is 0 Å². The number of carboxylic acid groups (broad SMARTS) is 2. The summed E-state index contributed by atoms with van der Waals surface area (Å²) in [6.45, 7) is 15.5. The predicted molar refractivity (Wildman–Crippen MR) is 152 cm³/mol. The molecule has 7 nitrogen and oxygen atoms in total. The maximum atomic E-state index is 12.9. The fourth-order valence-electron chi connectivity index (χ4n) is 11.2. The molecule has 4 saturated carbocycles. The molecule has 42 heavy (non-hydrogen) atoms. The van der Waals surface area contributed by atoms with Crippen molar-refractivity contribution in [3.63, 3.8) is 0 Å². The largest absolute Gasteiger partial charge is 1.00 e. The van der Waals surface area contributed by atoms with E-state index in [0.29, 0.717) is 11.8 Å². The van der Waals surface area contributed by atoms with E-state index in [1.54, 1.807) is 0 Å². The Kier molecular flexibility index (Phi) is 9.04. The van der Waals surface area contributed by atoms with Gasteiger partial charge in [-0.05, 0) is 104 Å². The third-order valence-corrected chi connectivity index (χ3v) is 13.7. The first-order valence-electron chi connectivity index (χ1n) is 15.8. The molecule has 8 heteroatoms. The monoisotopic (exact) mass is 594 g/mol. The van der Waals surface area contributed by atoms with Gasteiger partial charge >= 0.3 is 41.5 Å². The van der Waals surface area contributed by atoms with Gasteiger partial charge in [0.1, 0.15) is 12.7 Å². The van der Waals surface area contributed by atoms with Gasteiger partial charge in [0.15, 0.2) is 0 Å². The summed E-state index contributed by atoms with van der Waals surface area (Å²) in [4.78, 5) is 36.0. The Morgan fingerprint density at radius 1 is 0.905 bits per heavy atom. The van der Waals surface area contributed by atoms with E-state index in [1.807, 2.05) is 0 Å². The first-order chi connectivity index (χ1) is 18.9. The average Bonchev–Trinajstić information content (AvgIpc) is 2.85. The van der Waals surface area contributed by atoms with Crippen LogP contribution in [0.3, 0.4) is 0 Å². The number of carbonyl (C=O) groups is 3. The van der Waals surface area contributed by atoms with Crippen molar-refractivity contribution in [1.29, 1.82) is 0 Å². The van der Waals surface area contributed by atoms with E-state index in [1.165, 1.54) is 5.57 Å². The summed E-state index contributed by atoms with van der Waals surface area (Å²) in [6, 6.07) is 0. The van der Waals surface area contributed by atoms with Crippen LogP contribution in [0.25, 0.3) is 0 Å². The second-order valence-electron chi connectivity index (χ2n) is 16.4. The minimum absolute atomic E-state index is 0. The molecule has 0 aliphatic heterocycles. The van der Waals surface area contributed by atoms with Crippen LogP contribution >= 0.6 is 0 Å². The van der Waals surface area contributed by atoms with Crippen molar-refractivity contribution in [3.8, 4) is 0 Å². The number of hydrogen-bond acceptors (Lipinski definition) is 6. The SMILES string of the molecule is CC1(C)CC[C@]2(C(=O)O)CC[C@]3(C)C(=CC[C@@H]4[C@@]5(C)CC[C@H](OC(=O)COCC(=O)[O-])C(C)(C)[C@@H]5CC[C@]43C)[C@@H]2C1.[Na+]. The zero-order valence-electron chi connectivity index (χ0n) is 27.3. The van der Waals surface area contributed by atoms with Crippen molar-refractivity contribution in [2.45, 2.75) is 119 Å². The summed E-state index contributed by atoms with van der Waals surface area (Å²) in [5, 5.41) is 21.2. The van der Waals surface area contributed by atoms with Gasteiger partial charge in [0, 0.05) is 5.41 Å². The molecule has 0 amide bonds. The van der Waals surface area contributed by atoms with Crippen LogP contribution in [-0.4, -0.2) is 42.3 Å². The van der Waals surface area contributed by atoms with Crippen LogP contribution in [-0.2, 0) is 23.9 Å². The number of rotatable bonds is 6. The first kappa shape index (κ1) is 34.0. The van der Waals surface area contributed by atoms with Gasteiger partial charge in [-0.15, -0.1) is 0 Å². The molecular formula is C34H51NaO7. The van der Waals surface area contributed by atoms with Crippen LogP contribution < -0.4 is 34.7 Å². The summed E-state index contributed by atoms with van der Waals surface area (Å²) >= 11 is 0. The molecule has 5 rings (SSSR count). The summed E-state index contributed by atoms with van der Waals surface area (Å²) in [5.41, 5.74) is 0.861. The molecule has 8 atom stereocenters. The maximum absolute atomic E-state index is 12.9. The molecule has 5 aliphatic carbocycles. The molecule has 0 aromatic carbocycles. The fraction of sp³-hybridized carbons (Fsp3) is 0.853. The molecule has 230 valence electrons. The summed E-state index contributed by atoms with van der Waals surface area (Å²) in [6.07, 6.45) is 11.5. The predicted octanol–water partition coefficient (Wildman–Crippen LogP) is 2.56. The van der Waals surface area contributed by atoms with Crippen molar-refractivity contribution in [1.82, 2.24) is 0 Å².